The summed E-state index contributed by atoms with van der Waals surface area (Å²) in [5, 5.41) is 21.5. The Morgan fingerprint density at radius 1 is 1.22 bits per heavy atom. The van der Waals surface area contributed by atoms with Gasteiger partial charge in [0.2, 0.25) is 11.7 Å². The first-order valence-electron chi connectivity index (χ1n) is 9.26. The largest absolute Gasteiger partial charge is 0.494 e. The summed E-state index contributed by atoms with van der Waals surface area (Å²) in [7, 11) is 0. The molecule has 0 aliphatic rings. The van der Waals surface area contributed by atoms with Crippen molar-refractivity contribution in [3.63, 3.8) is 0 Å². The number of benzene rings is 2. The minimum absolute atomic E-state index is 0.0509. The Hall–Kier alpha value is -3.18. The number of nitrogens with zero attached hydrogens (tertiary/aromatic N) is 2. The fourth-order valence-electron chi connectivity index (χ4n) is 3.47. The van der Waals surface area contributed by atoms with Crippen LogP contribution in [-0.4, -0.2) is 15.5 Å². The quantitative estimate of drug-likeness (QED) is 0.376. The first-order chi connectivity index (χ1) is 15.2. The molecule has 32 heavy (non-hydrogen) atoms. The molecule has 2 heterocycles. The SMILES string of the molecule is Cc1c(C(=O)c2sc3cccc(Cl)c3c2Cl)c(O)n(Cc2ccc(F)cc2)c(=O)c1C#N. The number of carbonyl (C=O) groups is 1. The van der Waals surface area contributed by atoms with Crippen molar-refractivity contribution < 1.29 is 14.3 Å². The summed E-state index contributed by atoms with van der Waals surface area (Å²) in [5.74, 6) is -1.69. The zero-order valence-electron chi connectivity index (χ0n) is 16.4. The van der Waals surface area contributed by atoms with Crippen molar-refractivity contribution in [1.82, 2.24) is 4.57 Å². The number of halogens is 3. The smallest absolute Gasteiger partial charge is 0.271 e. The summed E-state index contributed by atoms with van der Waals surface area (Å²) in [4.78, 5) is 26.4. The number of hydrogen-bond donors (Lipinski definition) is 1. The van der Waals surface area contributed by atoms with Crippen molar-refractivity contribution in [2.45, 2.75) is 13.5 Å². The second kappa shape index (κ2) is 8.40. The molecule has 0 fully saturated rings. The van der Waals surface area contributed by atoms with Gasteiger partial charge in [0.15, 0.2) is 0 Å². The van der Waals surface area contributed by atoms with E-state index < -0.39 is 23.0 Å². The van der Waals surface area contributed by atoms with Crippen LogP contribution in [0.15, 0.2) is 47.3 Å². The second-order valence-electron chi connectivity index (χ2n) is 7.02. The fourth-order valence-corrected chi connectivity index (χ4v) is 5.37. The lowest BCUT2D eigenvalue weighted by molar-refractivity contribution is 0.103. The Bertz CT molecular complexity index is 1500. The summed E-state index contributed by atoms with van der Waals surface area (Å²) in [6.07, 6.45) is 0. The monoisotopic (exact) mass is 486 g/mol. The number of nitriles is 1. The molecule has 0 unspecified atom stereocenters. The van der Waals surface area contributed by atoms with Gasteiger partial charge < -0.3 is 5.11 Å². The lowest BCUT2D eigenvalue weighted by Gasteiger charge is -2.15. The number of thiophene rings is 1. The molecule has 2 aromatic heterocycles. The van der Waals surface area contributed by atoms with Crippen LogP contribution in [-0.2, 0) is 6.54 Å². The first-order valence-corrected chi connectivity index (χ1v) is 10.8. The highest BCUT2D eigenvalue weighted by molar-refractivity contribution is 7.22. The highest BCUT2D eigenvalue weighted by Crippen LogP contribution is 2.41. The molecular formula is C23H13Cl2FN2O3S. The highest BCUT2D eigenvalue weighted by Gasteiger charge is 2.28. The van der Waals surface area contributed by atoms with Crippen LogP contribution >= 0.6 is 34.5 Å². The predicted octanol–water partition coefficient (Wildman–Crippen LogP) is 5.67. The van der Waals surface area contributed by atoms with Crippen LogP contribution < -0.4 is 5.56 Å². The molecule has 5 nitrogen and oxygen atoms in total. The first kappa shape index (κ1) is 22.0. The van der Waals surface area contributed by atoms with E-state index >= 15 is 0 Å². The van der Waals surface area contributed by atoms with Gasteiger partial charge in [0.05, 0.1) is 27.0 Å². The molecule has 1 N–H and O–H groups in total. The molecule has 4 aromatic rings. The Kier molecular flexibility index (Phi) is 5.78. The molecule has 0 aliphatic carbocycles. The van der Waals surface area contributed by atoms with Gasteiger partial charge in [-0.25, -0.2) is 4.39 Å². The highest BCUT2D eigenvalue weighted by atomic mass is 35.5. The van der Waals surface area contributed by atoms with E-state index in [-0.39, 0.29) is 33.1 Å². The van der Waals surface area contributed by atoms with Crippen LogP contribution in [0.2, 0.25) is 10.0 Å². The number of rotatable bonds is 4. The van der Waals surface area contributed by atoms with Gasteiger partial charge >= 0.3 is 0 Å². The van der Waals surface area contributed by atoms with Gasteiger partial charge in [0.25, 0.3) is 5.56 Å². The minimum Gasteiger partial charge on any atom is -0.494 e. The van der Waals surface area contributed by atoms with Crippen molar-refractivity contribution in [3.05, 3.63) is 95.8 Å². The van der Waals surface area contributed by atoms with Crippen molar-refractivity contribution in [2.24, 2.45) is 0 Å². The van der Waals surface area contributed by atoms with Gasteiger partial charge in [-0.2, -0.15) is 5.26 Å². The van der Waals surface area contributed by atoms with E-state index in [1.165, 1.54) is 31.2 Å². The Morgan fingerprint density at radius 2 is 1.91 bits per heavy atom. The molecular weight excluding hydrogens is 474 g/mol. The van der Waals surface area contributed by atoms with Crippen LogP contribution in [0, 0.1) is 24.1 Å². The Labute approximate surface area is 195 Å². The van der Waals surface area contributed by atoms with Gasteiger partial charge in [-0.15, -0.1) is 11.3 Å². The predicted molar refractivity (Wildman–Crippen MR) is 123 cm³/mol. The number of ketones is 1. The summed E-state index contributed by atoms with van der Waals surface area (Å²) < 4.78 is 14.8. The third-order valence-corrected chi connectivity index (χ3v) is 7.05. The van der Waals surface area contributed by atoms with Crippen molar-refractivity contribution in [1.29, 1.82) is 5.26 Å². The average Bonchev–Trinajstić information content (AvgIpc) is 3.10. The lowest BCUT2D eigenvalue weighted by atomic mass is 10.0. The van der Waals surface area contributed by atoms with E-state index in [0.717, 1.165) is 15.9 Å². The van der Waals surface area contributed by atoms with Crippen LogP contribution in [0.1, 0.15) is 31.9 Å². The fraction of sp³-hybridized carbons (Fsp3) is 0.0870. The maximum absolute atomic E-state index is 13.5. The Balaban J connectivity index is 1.93. The van der Waals surface area contributed by atoms with Crippen molar-refractivity contribution in [3.8, 4) is 11.9 Å². The molecule has 0 aliphatic heterocycles. The number of hydrogen-bond acceptors (Lipinski definition) is 5. The second-order valence-corrected chi connectivity index (χ2v) is 8.85. The molecule has 0 saturated carbocycles. The van der Waals surface area contributed by atoms with E-state index in [1.54, 1.807) is 18.2 Å². The molecule has 0 saturated heterocycles. The number of aromatic nitrogens is 1. The van der Waals surface area contributed by atoms with Gasteiger partial charge in [0.1, 0.15) is 17.4 Å². The molecule has 9 heteroatoms. The summed E-state index contributed by atoms with van der Waals surface area (Å²) in [6.45, 7) is 1.26. The molecule has 0 radical (unpaired) electrons. The van der Waals surface area contributed by atoms with Crippen molar-refractivity contribution >= 4 is 50.4 Å². The third-order valence-electron chi connectivity index (χ3n) is 5.09. The molecule has 4 rings (SSSR count). The maximum Gasteiger partial charge on any atom is 0.271 e. The van der Waals surface area contributed by atoms with Crippen LogP contribution in [0.5, 0.6) is 5.88 Å². The zero-order valence-corrected chi connectivity index (χ0v) is 18.8. The van der Waals surface area contributed by atoms with E-state index in [0.29, 0.717) is 20.7 Å². The standard InChI is InChI=1S/C23H13Cl2FN2O3S/c1-11-14(9-27)22(30)28(10-12-5-7-13(26)8-6-12)23(31)17(11)20(29)21-19(25)18-15(24)3-2-4-16(18)32-21/h2-8,31H,10H2,1H3. The maximum atomic E-state index is 13.5. The number of aromatic hydroxyl groups is 1. The summed E-state index contributed by atoms with van der Waals surface area (Å²) >= 11 is 13.8. The van der Waals surface area contributed by atoms with Crippen LogP contribution in [0.4, 0.5) is 4.39 Å². The summed E-state index contributed by atoms with van der Waals surface area (Å²) in [5.41, 5.74) is -0.679. The number of carbonyl (C=O) groups excluding carboxylic acids is 1. The average molecular weight is 487 g/mol. The molecule has 160 valence electrons. The van der Waals surface area contributed by atoms with Crippen LogP contribution in [0.3, 0.4) is 0 Å². The zero-order chi connectivity index (χ0) is 23.2. The third kappa shape index (κ3) is 3.56. The van der Waals surface area contributed by atoms with E-state index in [4.69, 9.17) is 23.2 Å². The molecule has 0 spiro atoms. The van der Waals surface area contributed by atoms with E-state index in [2.05, 4.69) is 0 Å². The molecule has 2 aromatic carbocycles. The van der Waals surface area contributed by atoms with E-state index in [9.17, 15) is 24.3 Å². The molecule has 0 atom stereocenters. The van der Waals surface area contributed by atoms with Gasteiger partial charge in [-0.1, -0.05) is 41.4 Å². The van der Waals surface area contributed by atoms with E-state index in [1.807, 2.05) is 6.07 Å². The molecule has 0 amide bonds. The molecule has 0 bridgehead atoms. The normalized spacial score (nSPS) is 11.0. The number of fused-ring (bicyclic) bond motifs is 1. The van der Waals surface area contributed by atoms with Gasteiger partial charge in [0, 0.05) is 10.1 Å². The van der Waals surface area contributed by atoms with Crippen LogP contribution in [0.25, 0.3) is 10.1 Å². The van der Waals surface area contributed by atoms with Crippen molar-refractivity contribution in [2.75, 3.05) is 0 Å². The number of pyridine rings is 1. The van der Waals surface area contributed by atoms with Gasteiger partial charge in [-0.05, 0) is 42.3 Å². The Morgan fingerprint density at radius 3 is 2.53 bits per heavy atom. The lowest BCUT2D eigenvalue weighted by Crippen LogP contribution is -2.27. The topological polar surface area (TPSA) is 83.1 Å². The van der Waals surface area contributed by atoms with Gasteiger partial charge in [-0.3, -0.25) is 14.2 Å². The summed E-state index contributed by atoms with van der Waals surface area (Å²) in [6, 6.07) is 12.3. The minimum atomic E-state index is -0.756.